The van der Waals surface area contributed by atoms with Gasteiger partial charge in [0.2, 0.25) is 0 Å². The maximum Gasteiger partial charge on any atom is 0.156 e. The van der Waals surface area contributed by atoms with E-state index in [2.05, 4.69) is 20.8 Å². The SMILES string of the molecule is COC[C@H](C)COc1ccc(C(C)(C)c2cc(Cl)c(OC[C@@H](O)CCl)c(Cl)c2)cc1. The summed E-state index contributed by atoms with van der Waals surface area (Å²) in [5, 5.41) is 10.4. The van der Waals surface area contributed by atoms with Crippen LogP contribution in [0.3, 0.4) is 0 Å². The number of benzene rings is 2. The van der Waals surface area contributed by atoms with Gasteiger partial charge in [-0.25, -0.2) is 0 Å². The highest BCUT2D eigenvalue weighted by atomic mass is 35.5. The van der Waals surface area contributed by atoms with Gasteiger partial charge in [-0.05, 0) is 35.4 Å². The lowest BCUT2D eigenvalue weighted by molar-refractivity contribution is 0.125. The molecular formula is C23H29Cl3O4. The lowest BCUT2D eigenvalue weighted by atomic mass is 9.78. The van der Waals surface area contributed by atoms with E-state index in [4.69, 9.17) is 49.0 Å². The Labute approximate surface area is 194 Å². The molecule has 4 nitrogen and oxygen atoms in total. The summed E-state index contributed by atoms with van der Waals surface area (Å²) in [5.41, 5.74) is 1.70. The Morgan fingerprint density at radius 3 is 2.07 bits per heavy atom. The van der Waals surface area contributed by atoms with E-state index in [-0.39, 0.29) is 17.9 Å². The first-order valence-electron chi connectivity index (χ1n) is 9.77. The minimum absolute atomic E-state index is 0.0239. The third kappa shape index (κ3) is 6.66. The van der Waals surface area contributed by atoms with Crippen molar-refractivity contribution in [2.24, 2.45) is 5.92 Å². The molecule has 0 radical (unpaired) electrons. The van der Waals surface area contributed by atoms with Gasteiger partial charge in [0.1, 0.15) is 18.5 Å². The number of alkyl halides is 1. The summed E-state index contributed by atoms with van der Waals surface area (Å²) in [5.74, 6) is 1.55. The molecule has 0 aliphatic heterocycles. The Balaban J connectivity index is 2.16. The molecule has 2 aromatic carbocycles. The molecule has 1 N–H and O–H groups in total. The molecule has 0 heterocycles. The number of halogens is 3. The van der Waals surface area contributed by atoms with E-state index in [1.807, 2.05) is 36.4 Å². The summed E-state index contributed by atoms with van der Waals surface area (Å²) in [6.07, 6.45) is -0.784. The minimum atomic E-state index is -0.784. The van der Waals surface area contributed by atoms with Gasteiger partial charge in [0.15, 0.2) is 5.75 Å². The molecule has 0 spiro atoms. The van der Waals surface area contributed by atoms with E-state index >= 15 is 0 Å². The molecule has 166 valence electrons. The van der Waals surface area contributed by atoms with Gasteiger partial charge in [-0.2, -0.15) is 0 Å². The van der Waals surface area contributed by atoms with Crippen LogP contribution in [0.4, 0.5) is 0 Å². The predicted octanol–water partition coefficient (Wildman–Crippen LogP) is 5.96. The summed E-state index contributed by atoms with van der Waals surface area (Å²) in [4.78, 5) is 0. The average molecular weight is 476 g/mol. The molecule has 0 saturated carbocycles. The molecule has 0 aliphatic carbocycles. The van der Waals surface area contributed by atoms with E-state index in [0.29, 0.717) is 34.9 Å². The van der Waals surface area contributed by atoms with E-state index in [0.717, 1.165) is 16.9 Å². The fourth-order valence-corrected chi connectivity index (χ4v) is 3.67. The van der Waals surface area contributed by atoms with Crippen LogP contribution < -0.4 is 9.47 Å². The second-order valence-electron chi connectivity index (χ2n) is 7.91. The van der Waals surface area contributed by atoms with Crippen molar-refractivity contribution in [3.63, 3.8) is 0 Å². The molecule has 30 heavy (non-hydrogen) atoms. The number of hydrogen-bond acceptors (Lipinski definition) is 4. The van der Waals surface area contributed by atoms with Gasteiger partial charge < -0.3 is 19.3 Å². The highest BCUT2D eigenvalue weighted by Gasteiger charge is 2.26. The largest absolute Gasteiger partial charge is 0.493 e. The Kier molecular flexibility index (Phi) is 9.58. The van der Waals surface area contributed by atoms with Crippen molar-refractivity contribution in [1.29, 1.82) is 0 Å². The van der Waals surface area contributed by atoms with Gasteiger partial charge in [0.05, 0.1) is 29.1 Å². The normalized spacial score (nSPS) is 13.7. The van der Waals surface area contributed by atoms with Gasteiger partial charge in [-0.1, -0.05) is 56.1 Å². The van der Waals surface area contributed by atoms with Crippen LogP contribution in [0.25, 0.3) is 0 Å². The third-order valence-corrected chi connectivity index (χ3v) is 5.80. The number of methoxy groups -OCH3 is 1. The average Bonchev–Trinajstić information content (AvgIpc) is 2.71. The van der Waals surface area contributed by atoms with Crippen LogP contribution in [-0.2, 0) is 10.2 Å². The molecule has 0 bridgehead atoms. The molecule has 0 unspecified atom stereocenters. The van der Waals surface area contributed by atoms with Crippen molar-refractivity contribution >= 4 is 34.8 Å². The fourth-order valence-electron chi connectivity index (χ4n) is 2.99. The first-order valence-corrected chi connectivity index (χ1v) is 11.1. The summed E-state index contributed by atoms with van der Waals surface area (Å²) in [6.45, 7) is 7.57. The first-order chi connectivity index (χ1) is 14.2. The Morgan fingerprint density at radius 1 is 0.933 bits per heavy atom. The molecule has 2 atom stereocenters. The second-order valence-corrected chi connectivity index (χ2v) is 9.03. The van der Waals surface area contributed by atoms with Crippen LogP contribution >= 0.6 is 34.8 Å². The molecule has 2 rings (SSSR count). The van der Waals surface area contributed by atoms with Gasteiger partial charge in [0.25, 0.3) is 0 Å². The van der Waals surface area contributed by atoms with Crippen LogP contribution in [0.1, 0.15) is 31.9 Å². The monoisotopic (exact) mass is 474 g/mol. The zero-order valence-electron chi connectivity index (χ0n) is 17.8. The van der Waals surface area contributed by atoms with Gasteiger partial charge >= 0.3 is 0 Å². The van der Waals surface area contributed by atoms with Crippen molar-refractivity contribution in [2.45, 2.75) is 32.3 Å². The van der Waals surface area contributed by atoms with Gasteiger partial charge in [0, 0.05) is 18.4 Å². The number of aliphatic hydroxyl groups excluding tert-OH is 1. The molecule has 2 aromatic rings. The van der Waals surface area contributed by atoms with Crippen LogP contribution in [-0.4, -0.2) is 44.0 Å². The topological polar surface area (TPSA) is 47.9 Å². The lowest BCUT2D eigenvalue weighted by Gasteiger charge is -2.27. The van der Waals surface area contributed by atoms with Crippen LogP contribution in [0.15, 0.2) is 36.4 Å². The minimum Gasteiger partial charge on any atom is -0.493 e. The molecule has 0 amide bonds. The number of ether oxygens (including phenoxy) is 3. The quantitative estimate of drug-likeness (QED) is 0.407. The van der Waals surface area contributed by atoms with Crippen molar-refractivity contribution in [1.82, 2.24) is 0 Å². The number of rotatable bonds is 11. The molecule has 0 aliphatic rings. The van der Waals surface area contributed by atoms with Crippen molar-refractivity contribution in [3.8, 4) is 11.5 Å². The maximum absolute atomic E-state index is 9.59. The highest BCUT2D eigenvalue weighted by Crippen LogP contribution is 2.40. The van der Waals surface area contributed by atoms with Crippen LogP contribution in [0.5, 0.6) is 11.5 Å². The standard InChI is InChI=1S/C23H29Cl3O4/c1-15(12-28-4)13-29-19-7-5-16(6-8-19)23(2,3)17-9-20(25)22(21(26)10-17)30-14-18(27)11-24/h5-10,15,18,27H,11-14H2,1-4H3/t15-,18-/m0/s1. The zero-order chi connectivity index (χ0) is 22.3. The molecule has 0 fully saturated rings. The van der Waals surface area contributed by atoms with E-state index in [1.165, 1.54) is 0 Å². The Bertz CT molecular complexity index is 786. The number of aliphatic hydroxyl groups is 1. The zero-order valence-corrected chi connectivity index (χ0v) is 20.0. The summed E-state index contributed by atoms with van der Waals surface area (Å²) >= 11 is 18.4. The lowest BCUT2D eigenvalue weighted by Crippen LogP contribution is -2.20. The van der Waals surface area contributed by atoms with Crippen molar-refractivity contribution in [3.05, 3.63) is 57.6 Å². The van der Waals surface area contributed by atoms with Crippen LogP contribution in [0.2, 0.25) is 10.0 Å². The summed E-state index contributed by atoms with van der Waals surface area (Å²) < 4.78 is 16.5. The van der Waals surface area contributed by atoms with Crippen LogP contribution in [0, 0.1) is 5.92 Å². The smallest absolute Gasteiger partial charge is 0.156 e. The summed E-state index contributed by atoms with van der Waals surface area (Å²) in [6, 6.07) is 11.7. The molecule has 0 aromatic heterocycles. The molecular weight excluding hydrogens is 447 g/mol. The molecule has 0 saturated heterocycles. The second kappa shape index (κ2) is 11.4. The highest BCUT2D eigenvalue weighted by molar-refractivity contribution is 6.37. The maximum atomic E-state index is 9.59. The van der Waals surface area contributed by atoms with E-state index in [1.54, 1.807) is 7.11 Å². The van der Waals surface area contributed by atoms with Crippen molar-refractivity contribution < 1.29 is 19.3 Å². The number of hydrogen-bond donors (Lipinski definition) is 1. The molecule has 7 heteroatoms. The van der Waals surface area contributed by atoms with Gasteiger partial charge in [-0.15, -0.1) is 11.6 Å². The summed E-state index contributed by atoms with van der Waals surface area (Å²) in [7, 11) is 1.69. The first kappa shape index (κ1) is 25.1. The Hall–Kier alpha value is -1.17. The predicted molar refractivity (Wildman–Crippen MR) is 124 cm³/mol. The van der Waals surface area contributed by atoms with Crippen molar-refractivity contribution in [2.75, 3.05) is 32.8 Å². The van der Waals surface area contributed by atoms with E-state index < -0.39 is 6.10 Å². The third-order valence-electron chi connectivity index (χ3n) is 4.88. The van der Waals surface area contributed by atoms with Gasteiger partial charge in [-0.3, -0.25) is 0 Å². The van der Waals surface area contributed by atoms with E-state index in [9.17, 15) is 5.11 Å². The fraction of sp³-hybridized carbons (Fsp3) is 0.478. The Morgan fingerprint density at radius 2 is 1.53 bits per heavy atom.